The quantitative estimate of drug-likeness (QED) is 0.612. The van der Waals surface area contributed by atoms with Gasteiger partial charge in [-0.15, -0.1) is 0 Å². The van der Waals surface area contributed by atoms with Gasteiger partial charge in [-0.05, 0) is 12.8 Å². The summed E-state index contributed by atoms with van der Waals surface area (Å²) in [6.07, 6.45) is 6.24. The molecule has 0 aliphatic heterocycles. The molecular weight excluding hydrogens is 156 g/mol. The summed E-state index contributed by atoms with van der Waals surface area (Å²) in [5.41, 5.74) is 0. The van der Waals surface area contributed by atoms with E-state index in [1.807, 2.05) is 0 Å². The first-order valence-corrected chi connectivity index (χ1v) is 4.29. The van der Waals surface area contributed by atoms with Crippen LogP contribution in [0.1, 0.15) is 25.7 Å². The van der Waals surface area contributed by atoms with Gasteiger partial charge in [0.15, 0.2) is 0 Å². The van der Waals surface area contributed by atoms with E-state index in [0.717, 1.165) is 31.8 Å². The second-order valence-electron chi connectivity index (χ2n) is 3.21. The van der Waals surface area contributed by atoms with Gasteiger partial charge in [0.05, 0.1) is 6.10 Å². The predicted octanol–water partition coefficient (Wildman–Crippen LogP) is 1.18. The molecule has 2 N–H and O–H groups in total. The van der Waals surface area contributed by atoms with Gasteiger partial charge in [-0.25, -0.2) is 4.79 Å². The van der Waals surface area contributed by atoms with Crippen molar-refractivity contribution < 1.29 is 15.0 Å². The van der Waals surface area contributed by atoms with Gasteiger partial charge in [0.2, 0.25) is 0 Å². The average molecular weight is 170 g/mol. The molecule has 0 spiro atoms. The van der Waals surface area contributed by atoms with Crippen LogP contribution in [0.3, 0.4) is 0 Å². The van der Waals surface area contributed by atoms with Crippen molar-refractivity contribution in [3.63, 3.8) is 0 Å². The molecule has 3 heteroatoms. The average Bonchev–Trinajstić information content (AvgIpc) is 2.03. The second kappa shape index (κ2) is 4.26. The number of aliphatic hydroxyl groups excluding tert-OH is 1. The van der Waals surface area contributed by atoms with Crippen LogP contribution in [0.4, 0.5) is 0 Å². The molecule has 1 fully saturated rings. The molecule has 0 saturated heterocycles. The Morgan fingerprint density at radius 2 is 2.00 bits per heavy atom. The number of hydrogen-bond acceptors (Lipinski definition) is 2. The first-order valence-electron chi connectivity index (χ1n) is 4.29. The van der Waals surface area contributed by atoms with Crippen LogP contribution in [0, 0.1) is 5.92 Å². The molecule has 2 atom stereocenters. The molecule has 12 heavy (non-hydrogen) atoms. The lowest BCUT2D eigenvalue weighted by atomic mass is 9.86. The van der Waals surface area contributed by atoms with Crippen molar-refractivity contribution in [2.75, 3.05) is 0 Å². The minimum absolute atomic E-state index is 0.0508. The van der Waals surface area contributed by atoms with E-state index in [1.54, 1.807) is 6.08 Å². The topological polar surface area (TPSA) is 57.5 Å². The van der Waals surface area contributed by atoms with E-state index in [4.69, 9.17) is 5.11 Å². The van der Waals surface area contributed by atoms with E-state index in [2.05, 4.69) is 0 Å². The zero-order chi connectivity index (χ0) is 8.97. The van der Waals surface area contributed by atoms with Crippen LogP contribution < -0.4 is 0 Å². The number of carbonyl (C=O) groups is 1. The van der Waals surface area contributed by atoms with Crippen LogP contribution in [0.15, 0.2) is 12.2 Å². The lowest BCUT2D eigenvalue weighted by Crippen LogP contribution is -2.22. The monoisotopic (exact) mass is 170 g/mol. The summed E-state index contributed by atoms with van der Waals surface area (Å²) in [4.78, 5) is 10.2. The minimum atomic E-state index is -0.937. The van der Waals surface area contributed by atoms with Crippen molar-refractivity contribution in [2.24, 2.45) is 5.92 Å². The van der Waals surface area contributed by atoms with E-state index in [0.29, 0.717) is 0 Å². The third kappa shape index (κ3) is 2.66. The van der Waals surface area contributed by atoms with Crippen LogP contribution in [0.25, 0.3) is 0 Å². The Labute approximate surface area is 71.7 Å². The third-order valence-electron chi connectivity index (χ3n) is 2.27. The van der Waals surface area contributed by atoms with Gasteiger partial charge in [0.25, 0.3) is 0 Å². The van der Waals surface area contributed by atoms with Crippen LogP contribution >= 0.6 is 0 Å². The SMILES string of the molecule is O=C(O)C=CC1CCCCC1O. The van der Waals surface area contributed by atoms with E-state index in [-0.39, 0.29) is 12.0 Å². The van der Waals surface area contributed by atoms with Crippen molar-refractivity contribution in [2.45, 2.75) is 31.8 Å². The molecule has 3 nitrogen and oxygen atoms in total. The standard InChI is InChI=1S/C9H14O3/c10-8-4-2-1-3-7(8)5-6-9(11)12/h5-8,10H,1-4H2,(H,11,12). The maximum atomic E-state index is 10.2. The summed E-state index contributed by atoms with van der Waals surface area (Å²) in [6.45, 7) is 0. The molecular formula is C9H14O3. The fourth-order valence-corrected chi connectivity index (χ4v) is 1.57. The van der Waals surface area contributed by atoms with E-state index in [9.17, 15) is 9.90 Å². The van der Waals surface area contributed by atoms with Gasteiger partial charge in [-0.2, -0.15) is 0 Å². The fraction of sp³-hybridized carbons (Fsp3) is 0.667. The number of rotatable bonds is 2. The molecule has 1 aliphatic carbocycles. The molecule has 68 valence electrons. The number of carboxylic acids is 1. The summed E-state index contributed by atoms with van der Waals surface area (Å²) in [5, 5.41) is 17.8. The Morgan fingerprint density at radius 1 is 1.33 bits per heavy atom. The Hall–Kier alpha value is -0.830. The Morgan fingerprint density at radius 3 is 2.58 bits per heavy atom. The molecule has 0 amide bonds. The maximum absolute atomic E-state index is 10.2. The highest BCUT2D eigenvalue weighted by molar-refractivity contribution is 5.79. The lowest BCUT2D eigenvalue weighted by Gasteiger charge is -2.24. The van der Waals surface area contributed by atoms with Crippen LogP contribution in [-0.4, -0.2) is 22.3 Å². The predicted molar refractivity (Wildman–Crippen MR) is 44.7 cm³/mol. The highest BCUT2D eigenvalue weighted by atomic mass is 16.4. The van der Waals surface area contributed by atoms with Gasteiger partial charge in [-0.3, -0.25) is 0 Å². The number of carboxylic acid groups (broad SMARTS) is 1. The molecule has 0 aromatic carbocycles. The smallest absolute Gasteiger partial charge is 0.327 e. The van der Waals surface area contributed by atoms with Crippen molar-refractivity contribution in [1.29, 1.82) is 0 Å². The molecule has 0 heterocycles. The summed E-state index contributed by atoms with van der Waals surface area (Å²) in [6, 6.07) is 0. The van der Waals surface area contributed by atoms with Crippen LogP contribution in [0.5, 0.6) is 0 Å². The molecule has 0 aromatic heterocycles. The van der Waals surface area contributed by atoms with E-state index >= 15 is 0 Å². The number of aliphatic hydroxyl groups is 1. The Bertz CT molecular complexity index is 186. The van der Waals surface area contributed by atoms with Gasteiger partial charge < -0.3 is 10.2 Å². The molecule has 0 aromatic rings. The van der Waals surface area contributed by atoms with Gasteiger partial charge in [0, 0.05) is 12.0 Å². The normalized spacial score (nSPS) is 30.8. The van der Waals surface area contributed by atoms with Gasteiger partial charge >= 0.3 is 5.97 Å². The summed E-state index contributed by atoms with van der Waals surface area (Å²) in [7, 11) is 0. The summed E-state index contributed by atoms with van der Waals surface area (Å²) in [5.74, 6) is -0.886. The molecule has 1 aliphatic rings. The zero-order valence-corrected chi connectivity index (χ0v) is 6.94. The zero-order valence-electron chi connectivity index (χ0n) is 6.94. The van der Waals surface area contributed by atoms with E-state index < -0.39 is 5.97 Å². The Balaban J connectivity index is 2.43. The highest BCUT2D eigenvalue weighted by Gasteiger charge is 2.20. The first kappa shape index (κ1) is 9.26. The second-order valence-corrected chi connectivity index (χ2v) is 3.21. The molecule has 1 saturated carbocycles. The van der Waals surface area contributed by atoms with Crippen molar-refractivity contribution in [1.82, 2.24) is 0 Å². The van der Waals surface area contributed by atoms with Crippen molar-refractivity contribution in [3.8, 4) is 0 Å². The number of hydrogen-bond donors (Lipinski definition) is 2. The van der Waals surface area contributed by atoms with Crippen molar-refractivity contribution >= 4 is 5.97 Å². The third-order valence-corrected chi connectivity index (χ3v) is 2.27. The van der Waals surface area contributed by atoms with Gasteiger partial charge in [-0.1, -0.05) is 18.9 Å². The number of aliphatic carboxylic acids is 1. The fourth-order valence-electron chi connectivity index (χ4n) is 1.57. The lowest BCUT2D eigenvalue weighted by molar-refractivity contribution is -0.131. The summed E-state index contributed by atoms with van der Waals surface area (Å²) >= 11 is 0. The molecule has 0 bridgehead atoms. The van der Waals surface area contributed by atoms with Crippen molar-refractivity contribution in [3.05, 3.63) is 12.2 Å². The summed E-state index contributed by atoms with van der Waals surface area (Å²) < 4.78 is 0. The molecule has 0 radical (unpaired) electrons. The molecule has 2 unspecified atom stereocenters. The highest BCUT2D eigenvalue weighted by Crippen LogP contribution is 2.25. The minimum Gasteiger partial charge on any atom is -0.478 e. The van der Waals surface area contributed by atoms with Crippen LogP contribution in [0.2, 0.25) is 0 Å². The van der Waals surface area contributed by atoms with Gasteiger partial charge in [0.1, 0.15) is 0 Å². The maximum Gasteiger partial charge on any atom is 0.327 e. The first-order chi connectivity index (χ1) is 5.70. The largest absolute Gasteiger partial charge is 0.478 e. The molecule has 1 rings (SSSR count). The Kier molecular flexibility index (Phi) is 3.29. The van der Waals surface area contributed by atoms with E-state index in [1.165, 1.54) is 0 Å². The van der Waals surface area contributed by atoms with Crippen LogP contribution in [-0.2, 0) is 4.79 Å².